The molecule has 0 saturated carbocycles. The van der Waals surface area contributed by atoms with Crippen LogP contribution in [0.3, 0.4) is 0 Å². The molecule has 25 heavy (non-hydrogen) atoms. The first-order valence-electron chi connectivity index (χ1n) is 7.92. The number of nitrogens with one attached hydrogen (secondary N) is 1. The standard InChI is InChI=1S/C19H19F2NO3/c20-16-7-6-14(11-17(16)21)18(24)8-9-19(25)22-12-15(23)10-13-4-2-1-3-5-13/h1-7,11,15,23H,8-10,12H2,(H,22,25). The van der Waals surface area contributed by atoms with Crippen molar-refractivity contribution in [2.75, 3.05) is 6.54 Å². The number of carbonyl (C=O) groups excluding carboxylic acids is 2. The third kappa shape index (κ3) is 6.08. The molecule has 2 N–H and O–H groups in total. The molecule has 0 aromatic heterocycles. The predicted octanol–water partition coefficient (Wildman–Crippen LogP) is 2.65. The van der Waals surface area contributed by atoms with E-state index in [-0.39, 0.29) is 30.9 Å². The van der Waals surface area contributed by atoms with Crippen molar-refractivity contribution in [3.8, 4) is 0 Å². The minimum Gasteiger partial charge on any atom is -0.391 e. The lowest BCUT2D eigenvalue weighted by atomic mass is 10.1. The Morgan fingerprint density at radius 2 is 1.72 bits per heavy atom. The van der Waals surface area contributed by atoms with Crippen LogP contribution in [-0.4, -0.2) is 29.4 Å². The van der Waals surface area contributed by atoms with Crippen molar-refractivity contribution in [1.29, 1.82) is 0 Å². The fraction of sp³-hybridized carbons (Fsp3) is 0.263. The fourth-order valence-corrected chi connectivity index (χ4v) is 2.32. The van der Waals surface area contributed by atoms with Crippen molar-refractivity contribution in [3.63, 3.8) is 0 Å². The Hall–Kier alpha value is -2.60. The zero-order valence-electron chi connectivity index (χ0n) is 13.5. The number of amides is 1. The van der Waals surface area contributed by atoms with E-state index in [1.54, 1.807) is 0 Å². The zero-order valence-corrected chi connectivity index (χ0v) is 13.5. The number of ketones is 1. The molecular weight excluding hydrogens is 328 g/mol. The summed E-state index contributed by atoms with van der Waals surface area (Å²) in [5.41, 5.74) is 0.980. The minimum atomic E-state index is -1.10. The number of hydrogen-bond acceptors (Lipinski definition) is 3. The molecule has 6 heteroatoms. The van der Waals surface area contributed by atoms with Crippen LogP contribution in [0.1, 0.15) is 28.8 Å². The van der Waals surface area contributed by atoms with Crippen molar-refractivity contribution in [1.82, 2.24) is 5.32 Å². The van der Waals surface area contributed by atoms with Crippen molar-refractivity contribution in [2.24, 2.45) is 0 Å². The average Bonchev–Trinajstić information content (AvgIpc) is 2.61. The number of halogens is 2. The molecule has 2 rings (SSSR count). The maximum Gasteiger partial charge on any atom is 0.220 e. The van der Waals surface area contributed by atoms with Crippen LogP contribution < -0.4 is 5.32 Å². The van der Waals surface area contributed by atoms with E-state index in [9.17, 15) is 23.5 Å². The highest BCUT2D eigenvalue weighted by Gasteiger charge is 2.13. The van der Waals surface area contributed by atoms with Gasteiger partial charge in [0, 0.05) is 31.4 Å². The highest BCUT2D eigenvalue weighted by molar-refractivity contribution is 5.97. The van der Waals surface area contributed by atoms with Crippen molar-refractivity contribution < 1.29 is 23.5 Å². The lowest BCUT2D eigenvalue weighted by molar-refractivity contribution is -0.121. The molecule has 2 aromatic rings. The lowest BCUT2D eigenvalue weighted by Gasteiger charge is -2.12. The molecule has 0 radical (unpaired) electrons. The number of hydrogen-bond donors (Lipinski definition) is 2. The summed E-state index contributed by atoms with van der Waals surface area (Å²) in [7, 11) is 0. The summed E-state index contributed by atoms with van der Waals surface area (Å²) < 4.78 is 25.9. The van der Waals surface area contributed by atoms with Gasteiger partial charge in [-0.05, 0) is 23.8 Å². The van der Waals surface area contributed by atoms with Crippen molar-refractivity contribution in [3.05, 3.63) is 71.3 Å². The normalized spacial score (nSPS) is 11.8. The Bertz CT molecular complexity index is 735. The Morgan fingerprint density at radius 3 is 2.40 bits per heavy atom. The molecule has 0 aliphatic carbocycles. The van der Waals surface area contributed by atoms with Gasteiger partial charge in [0.15, 0.2) is 17.4 Å². The van der Waals surface area contributed by atoms with Gasteiger partial charge in [0.25, 0.3) is 0 Å². The van der Waals surface area contributed by atoms with E-state index in [0.29, 0.717) is 6.42 Å². The topological polar surface area (TPSA) is 66.4 Å². The summed E-state index contributed by atoms with van der Waals surface area (Å²) >= 11 is 0. The van der Waals surface area contributed by atoms with E-state index < -0.39 is 23.5 Å². The molecule has 4 nitrogen and oxygen atoms in total. The number of aliphatic hydroxyl groups is 1. The number of aliphatic hydroxyl groups excluding tert-OH is 1. The summed E-state index contributed by atoms with van der Waals surface area (Å²) in [5, 5.41) is 12.5. The van der Waals surface area contributed by atoms with Gasteiger partial charge in [-0.1, -0.05) is 30.3 Å². The largest absolute Gasteiger partial charge is 0.391 e. The molecule has 2 aromatic carbocycles. The molecular formula is C19H19F2NO3. The quantitative estimate of drug-likeness (QED) is 0.722. The van der Waals surface area contributed by atoms with E-state index >= 15 is 0 Å². The summed E-state index contributed by atoms with van der Waals surface area (Å²) in [6.45, 7) is 0.0765. The first-order valence-corrected chi connectivity index (χ1v) is 7.92. The van der Waals surface area contributed by atoms with Crippen LogP contribution >= 0.6 is 0 Å². The van der Waals surface area contributed by atoms with E-state index in [2.05, 4.69) is 5.32 Å². The Balaban J connectivity index is 1.73. The van der Waals surface area contributed by atoms with Crippen LogP contribution in [0.15, 0.2) is 48.5 Å². The number of carbonyl (C=O) groups is 2. The smallest absolute Gasteiger partial charge is 0.220 e. The van der Waals surface area contributed by atoms with Crippen molar-refractivity contribution >= 4 is 11.7 Å². The third-order valence-corrected chi connectivity index (χ3v) is 3.67. The van der Waals surface area contributed by atoms with Crippen LogP contribution in [-0.2, 0) is 11.2 Å². The summed E-state index contributed by atoms with van der Waals surface area (Å²) in [5.74, 6) is -2.96. The van der Waals surface area contributed by atoms with Gasteiger partial charge in [-0.3, -0.25) is 9.59 Å². The van der Waals surface area contributed by atoms with Gasteiger partial charge in [-0.25, -0.2) is 8.78 Å². The molecule has 0 heterocycles. The number of benzene rings is 2. The molecule has 132 valence electrons. The van der Waals surface area contributed by atoms with Gasteiger partial charge < -0.3 is 10.4 Å². The van der Waals surface area contributed by atoms with Gasteiger partial charge in [0.05, 0.1) is 6.10 Å². The highest BCUT2D eigenvalue weighted by atomic mass is 19.2. The summed E-state index contributed by atoms with van der Waals surface area (Å²) in [6.07, 6.45) is -0.524. The SMILES string of the molecule is O=C(CCC(=O)c1ccc(F)c(F)c1)NCC(O)Cc1ccccc1. The van der Waals surface area contributed by atoms with Gasteiger partial charge >= 0.3 is 0 Å². The van der Waals surface area contributed by atoms with Gasteiger partial charge in [-0.15, -0.1) is 0 Å². The highest BCUT2D eigenvalue weighted by Crippen LogP contribution is 2.11. The van der Waals surface area contributed by atoms with Crippen LogP contribution in [0.25, 0.3) is 0 Å². The maximum atomic E-state index is 13.1. The van der Waals surface area contributed by atoms with Gasteiger partial charge in [0.1, 0.15) is 0 Å². The molecule has 1 amide bonds. The van der Waals surface area contributed by atoms with Gasteiger partial charge in [-0.2, -0.15) is 0 Å². The van der Waals surface area contributed by atoms with E-state index in [1.807, 2.05) is 30.3 Å². The number of Topliss-reactive ketones (excluding diaryl/α,β-unsaturated/α-hetero) is 1. The molecule has 0 aliphatic rings. The minimum absolute atomic E-state index is 0.0239. The van der Waals surface area contributed by atoms with Crippen LogP contribution in [0.4, 0.5) is 8.78 Å². The zero-order chi connectivity index (χ0) is 18.2. The van der Waals surface area contributed by atoms with Crippen LogP contribution in [0, 0.1) is 11.6 Å². The second-order valence-electron chi connectivity index (χ2n) is 5.70. The van der Waals surface area contributed by atoms with E-state index in [4.69, 9.17) is 0 Å². The first kappa shape index (κ1) is 18.7. The molecule has 0 fully saturated rings. The average molecular weight is 347 g/mol. The van der Waals surface area contributed by atoms with Gasteiger partial charge in [0.2, 0.25) is 5.91 Å². The Labute approximate surface area is 144 Å². The molecule has 0 saturated heterocycles. The fourth-order valence-electron chi connectivity index (χ4n) is 2.32. The Morgan fingerprint density at radius 1 is 1.00 bits per heavy atom. The summed E-state index contributed by atoms with van der Waals surface area (Å²) in [4.78, 5) is 23.6. The van der Waals surface area contributed by atoms with Crippen molar-refractivity contribution in [2.45, 2.75) is 25.4 Å². The second kappa shape index (κ2) is 9.03. The van der Waals surface area contributed by atoms with Crippen LogP contribution in [0.5, 0.6) is 0 Å². The Kier molecular flexibility index (Phi) is 6.77. The second-order valence-corrected chi connectivity index (χ2v) is 5.70. The first-order chi connectivity index (χ1) is 12.0. The van der Waals surface area contributed by atoms with E-state index in [0.717, 1.165) is 17.7 Å². The molecule has 0 aliphatic heterocycles. The lowest BCUT2D eigenvalue weighted by Crippen LogP contribution is -2.33. The van der Waals surface area contributed by atoms with Crippen LogP contribution in [0.2, 0.25) is 0 Å². The molecule has 1 atom stereocenters. The maximum absolute atomic E-state index is 13.1. The summed E-state index contributed by atoms with van der Waals surface area (Å²) in [6, 6.07) is 12.2. The molecule has 0 bridgehead atoms. The number of rotatable bonds is 8. The monoisotopic (exact) mass is 347 g/mol. The third-order valence-electron chi connectivity index (χ3n) is 3.67. The predicted molar refractivity (Wildman–Crippen MR) is 89.1 cm³/mol. The molecule has 1 unspecified atom stereocenters. The molecule has 0 spiro atoms. The van der Waals surface area contributed by atoms with E-state index in [1.165, 1.54) is 6.07 Å².